The van der Waals surface area contributed by atoms with E-state index in [-0.39, 0.29) is 22.8 Å². The molecule has 4 heteroatoms. The molecule has 3 atom stereocenters. The molecule has 3 unspecified atom stereocenters. The van der Waals surface area contributed by atoms with Gasteiger partial charge in [-0.25, -0.2) is 9.79 Å². The Kier molecular flexibility index (Phi) is 3.02. The van der Waals surface area contributed by atoms with E-state index < -0.39 is 0 Å². The molecule has 0 N–H and O–H groups in total. The van der Waals surface area contributed by atoms with E-state index in [9.17, 15) is 4.79 Å². The molecule has 0 spiro atoms. The molecule has 0 saturated heterocycles. The van der Waals surface area contributed by atoms with Gasteiger partial charge >= 0.3 is 5.97 Å². The zero-order valence-electron chi connectivity index (χ0n) is 13.9. The van der Waals surface area contributed by atoms with Crippen LogP contribution >= 0.6 is 11.6 Å². The lowest BCUT2D eigenvalue weighted by atomic mass is 9.43. The van der Waals surface area contributed by atoms with Crippen LogP contribution in [0, 0.1) is 17.3 Å². The first-order valence-electron chi connectivity index (χ1n) is 9.04. The summed E-state index contributed by atoms with van der Waals surface area (Å²) in [5.74, 6) is 2.01. The van der Waals surface area contributed by atoms with E-state index in [2.05, 4.69) is 17.1 Å². The van der Waals surface area contributed by atoms with Crippen LogP contribution in [0.5, 0.6) is 0 Å². The van der Waals surface area contributed by atoms with Crippen molar-refractivity contribution in [3.8, 4) is 0 Å². The van der Waals surface area contributed by atoms with Crippen molar-refractivity contribution >= 4 is 23.5 Å². The number of hydrogen-bond donors (Lipinski definition) is 0. The lowest BCUT2D eigenvalue weighted by Crippen LogP contribution is -2.56. The topological polar surface area (TPSA) is 38.7 Å². The normalized spacial score (nSPS) is 43.0. The summed E-state index contributed by atoms with van der Waals surface area (Å²) in [7, 11) is 0. The number of halogens is 1. The van der Waals surface area contributed by atoms with E-state index in [1.165, 1.54) is 24.8 Å². The van der Waals surface area contributed by atoms with Crippen LogP contribution in [0.15, 0.2) is 29.3 Å². The number of hydrogen-bond acceptors (Lipinski definition) is 3. The van der Waals surface area contributed by atoms with Gasteiger partial charge in [-0.2, -0.15) is 0 Å². The largest absolute Gasteiger partial charge is 0.410 e. The number of nitrogens with zero attached hydrogens (tertiary/aromatic N) is 1. The molecule has 0 amide bonds. The minimum atomic E-state index is -0.334. The van der Waals surface area contributed by atoms with Crippen LogP contribution < -0.4 is 0 Å². The van der Waals surface area contributed by atoms with Crippen LogP contribution in [-0.4, -0.2) is 17.9 Å². The summed E-state index contributed by atoms with van der Waals surface area (Å²) in [5.41, 5.74) is 1.59. The minimum Gasteiger partial charge on any atom is -0.410 e. The first-order valence-corrected chi connectivity index (χ1v) is 9.42. The van der Waals surface area contributed by atoms with Gasteiger partial charge in [0.15, 0.2) is 0 Å². The quantitative estimate of drug-likeness (QED) is 0.740. The average Bonchev–Trinajstić information content (AvgIpc) is 2.87. The Morgan fingerprint density at radius 1 is 1.08 bits per heavy atom. The fourth-order valence-corrected chi connectivity index (χ4v) is 6.46. The van der Waals surface area contributed by atoms with Gasteiger partial charge in [0.25, 0.3) is 0 Å². The van der Waals surface area contributed by atoms with E-state index in [0.717, 1.165) is 42.0 Å². The van der Waals surface area contributed by atoms with E-state index in [1.54, 1.807) is 0 Å². The molecule has 3 nitrogen and oxygen atoms in total. The van der Waals surface area contributed by atoms with E-state index >= 15 is 0 Å². The highest BCUT2D eigenvalue weighted by molar-refractivity contribution is 6.30. The van der Waals surface area contributed by atoms with Gasteiger partial charge in [0.1, 0.15) is 6.04 Å². The minimum absolute atomic E-state index is 0.0237. The molecule has 126 valence electrons. The summed E-state index contributed by atoms with van der Waals surface area (Å²) < 4.78 is 5.65. The third-order valence-corrected chi connectivity index (χ3v) is 7.07. The van der Waals surface area contributed by atoms with Crippen molar-refractivity contribution in [2.24, 2.45) is 22.2 Å². The maximum absolute atomic E-state index is 11.9. The van der Waals surface area contributed by atoms with Crippen molar-refractivity contribution in [3.63, 3.8) is 0 Å². The van der Waals surface area contributed by atoms with E-state index in [4.69, 9.17) is 16.3 Å². The van der Waals surface area contributed by atoms with Crippen molar-refractivity contribution in [1.29, 1.82) is 0 Å². The van der Waals surface area contributed by atoms with Gasteiger partial charge in [0.05, 0.1) is 0 Å². The SMILES string of the molecule is CC1N=C(C23CC4CC(C2)CC(c2ccc(Cl)cc2)(C4)C3)OC1=O. The smallest absolute Gasteiger partial charge is 0.337 e. The maximum Gasteiger partial charge on any atom is 0.337 e. The van der Waals surface area contributed by atoms with Crippen LogP contribution in [0.2, 0.25) is 5.02 Å². The predicted octanol–water partition coefficient (Wildman–Crippen LogP) is 4.52. The lowest BCUT2D eigenvalue weighted by molar-refractivity contribution is -0.136. The van der Waals surface area contributed by atoms with Gasteiger partial charge in [-0.15, -0.1) is 0 Å². The van der Waals surface area contributed by atoms with Gasteiger partial charge in [0.2, 0.25) is 5.90 Å². The molecule has 5 aliphatic rings. The first kappa shape index (κ1) is 14.9. The summed E-state index contributed by atoms with van der Waals surface area (Å²) in [6.45, 7) is 1.84. The predicted molar refractivity (Wildman–Crippen MR) is 93.2 cm³/mol. The van der Waals surface area contributed by atoms with Crippen molar-refractivity contribution in [2.75, 3.05) is 0 Å². The highest BCUT2D eigenvalue weighted by Crippen LogP contribution is 2.66. The van der Waals surface area contributed by atoms with Crippen LogP contribution in [0.1, 0.15) is 51.0 Å². The fourth-order valence-electron chi connectivity index (χ4n) is 6.33. The van der Waals surface area contributed by atoms with Crippen molar-refractivity contribution in [1.82, 2.24) is 0 Å². The number of aliphatic imine (C=N–C) groups is 1. The summed E-state index contributed by atoms with van der Waals surface area (Å²) in [4.78, 5) is 16.5. The highest BCUT2D eigenvalue weighted by atomic mass is 35.5. The molecule has 1 aliphatic heterocycles. The molecule has 1 aromatic carbocycles. The summed E-state index contributed by atoms with van der Waals surface area (Å²) in [5, 5.41) is 0.793. The maximum atomic E-state index is 11.9. The Labute approximate surface area is 147 Å². The average molecular weight is 344 g/mol. The Balaban J connectivity index is 1.57. The number of benzene rings is 1. The Bertz CT molecular complexity index is 725. The van der Waals surface area contributed by atoms with E-state index in [1.807, 2.05) is 19.1 Å². The molecule has 1 aromatic rings. The molecular formula is C20H22ClNO2. The summed E-state index contributed by atoms with van der Waals surface area (Å²) >= 11 is 6.11. The number of carbonyl (C=O) groups excluding carboxylic acids is 1. The molecule has 6 rings (SSSR count). The molecule has 4 aliphatic carbocycles. The summed E-state index contributed by atoms with van der Waals surface area (Å²) in [6.07, 6.45) is 7.17. The second-order valence-corrected chi connectivity index (χ2v) is 9.00. The molecule has 24 heavy (non-hydrogen) atoms. The molecule has 0 aromatic heterocycles. The van der Waals surface area contributed by atoms with Crippen molar-refractivity contribution in [3.05, 3.63) is 34.9 Å². The van der Waals surface area contributed by atoms with Crippen molar-refractivity contribution in [2.45, 2.75) is 56.9 Å². The van der Waals surface area contributed by atoms with Crippen LogP contribution in [0.25, 0.3) is 0 Å². The highest BCUT2D eigenvalue weighted by Gasteiger charge is 2.61. The van der Waals surface area contributed by atoms with Gasteiger partial charge < -0.3 is 4.74 Å². The molecule has 4 bridgehead atoms. The molecule has 1 heterocycles. The number of esters is 1. The standard InChI is InChI=1S/C20H22ClNO2/c1-12-17(23)24-18(22-12)20-9-13-6-14(10-20)8-19(7-13,11-20)15-2-4-16(21)5-3-15/h2-5,12-14H,6-11H2,1H3. The molecular weight excluding hydrogens is 322 g/mol. The fraction of sp³-hybridized carbons (Fsp3) is 0.600. The number of cyclic esters (lactones) is 1. The number of rotatable bonds is 2. The van der Waals surface area contributed by atoms with Gasteiger partial charge in [-0.1, -0.05) is 23.7 Å². The number of ether oxygens (including phenoxy) is 1. The lowest BCUT2D eigenvalue weighted by Gasteiger charge is -2.61. The zero-order valence-corrected chi connectivity index (χ0v) is 14.7. The van der Waals surface area contributed by atoms with Crippen LogP contribution in [-0.2, 0) is 14.9 Å². The third-order valence-electron chi connectivity index (χ3n) is 6.82. The zero-order chi connectivity index (χ0) is 16.5. The second kappa shape index (κ2) is 4.85. The second-order valence-electron chi connectivity index (χ2n) is 8.56. The Hall–Kier alpha value is -1.35. The van der Waals surface area contributed by atoms with Gasteiger partial charge in [-0.05, 0) is 80.4 Å². The van der Waals surface area contributed by atoms with Crippen molar-refractivity contribution < 1.29 is 9.53 Å². The van der Waals surface area contributed by atoms with Crippen LogP contribution in [0.3, 0.4) is 0 Å². The summed E-state index contributed by atoms with van der Waals surface area (Å²) in [6, 6.07) is 8.09. The first-order chi connectivity index (χ1) is 11.5. The van der Waals surface area contributed by atoms with Crippen LogP contribution in [0.4, 0.5) is 0 Å². The van der Waals surface area contributed by atoms with Gasteiger partial charge in [-0.3, -0.25) is 0 Å². The molecule has 4 fully saturated rings. The monoisotopic (exact) mass is 343 g/mol. The van der Waals surface area contributed by atoms with E-state index in [0.29, 0.717) is 0 Å². The third kappa shape index (κ3) is 2.03. The number of carbonyl (C=O) groups is 1. The molecule has 0 radical (unpaired) electrons. The van der Waals surface area contributed by atoms with Gasteiger partial charge in [0, 0.05) is 10.4 Å². The Morgan fingerprint density at radius 2 is 1.71 bits per heavy atom. The molecule has 4 saturated carbocycles. The Morgan fingerprint density at radius 3 is 2.29 bits per heavy atom.